The number of nitrogens with one attached hydrogen (secondary N) is 2. The quantitative estimate of drug-likeness (QED) is 0.542. The average molecular weight is 398 g/mol. The Bertz CT molecular complexity index is 984. The number of hydrogen-bond donors (Lipinski definition) is 3. The van der Waals surface area contributed by atoms with E-state index < -0.39 is 6.17 Å². The summed E-state index contributed by atoms with van der Waals surface area (Å²) < 4.78 is 16.0. The minimum absolute atomic E-state index is 0.251. The van der Waals surface area contributed by atoms with Crippen LogP contribution in [0.1, 0.15) is 56.6 Å². The van der Waals surface area contributed by atoms with Crippen LogP contribution in [0.4, 0.5) is 22.0 Å². The van der Waals surface area contributed by atoms with Gasteiger partial charge in [-0.05, 0) is 36.5 Å². The Balaban J connectivity index is 1.65. The Kier molecular flexibility index (Phi) is 5.51. The van der Waals surface area contributed by atoms with Crippen molar-refractivity contribution in [3.63, 3.8) is 0 Å². The van der Waals surface area contributed by atoms with Crippen LogP contribution in [0.15, 0.2) is 30.5 Å². The van der Waals surface area contributed by atoms with E-state index in [0.29, 0.717) is 30.5 Å². The number of aromatic nitrogens is 4. The number of rotatable bonds is 6. The summed E-state index contributed by atoms with van der Waals surface area (Å²) in [4.78, 5) is 9.28. The molecule has 1 aliphatic rings. The summed E-state index contributed by atoms with van der Waals surface area (Å²) >= 11 is 0. The van der Waals surface area contributed by atoms with E-state index in [1.807, 2.05) is 30.5 Å². The van der Waals surface area contributed by atoms with Crippen LogP contribution in [0.3, 0.4) is 0 Å². The summed E-state index contributed by atoms with van der Waals surface area (Å²) in [5.74, 6) is 1.27. The highest BCUT2D eigenvalue weighted by Crippen LogP contribution is 2.26. The topological polar surface area (TPSA) is 93.2 Å². The molecule has 0 unspecified atom stereocenters. The lowest BCUT2D eigenvalue weighted by molar-refractivity contribution is 0.229. The molecule has 1 fully saturated rings. The molecule has 29 heavy (non-hydrogen) atoms. The third-order valence-corrected chi connectivity index (χ3v) is 5.42. The fourth-order valence-corrected chi connectivity index (χ4v) is 3.78. The van der Waals surface area contributed by atoms with Gasteiger partial charge in [-0.2, -0.15) is 19.6 Å². The van der Waals surface area contributed by atoms with Gasteiger partial charge in [0.05, 0.1) is 12.2 Å². The van der Waals surface area contributed by atoms with E-state index in [1.165, 1.54) is 0 Å². The maximum Gasteiger partial charge on any atom is 0.229 e. The molecule has 0 aliphatic heterocycles. The van der Waals surface area contributed by atoms with Gasteiger partial charge in [-0.1, -0.05) is 38.8 Å². The van der Waals surface area contributed by atoms with Crippen molar-refractivity contribution in [2.45, 2.75) is 64.2 Å². The highest BCUT2D eigenvalue weighted by Gasteiger charge is 2.26. The molecular weight excluding hydrogens is 369 g/mol. The number of alkyl halides is 1. The van der Waals surface area contributed by atoms with Crippen molar-refractivity contribution in [2.75, 3.05) is 16.4 Å². The molecule has 154 valence electrons. The van der Waals surface area contributed by atoms with Gasteiger partial charge < -0.3 is 16.4 Å². The van der Waals surface area contributed by atoms with Crippen LogP contribution in [0, 0.1) is 0 Å². The van der Waals surface area contributed by atoms with E-state index in [9.17, 15) is 4.39 Å². The molecule has 8 heteroatoms. The zero-order chi connectivity index (χ0) is 20.4. The van der Waals surface area contributed by atoms with Gasteiger partial charge >= 0.3 is 0 Å². The summed E-state index contributed by atoms with van der Waals surface area (Å²) in [6, 6.07) is 7.44. The van der Waals surface area contributed by atoms with Crippen LogP contribution in [-0.4, -0.2) is 31.8 Å². The second kappa shape index (κ2) is 8.23. The molecule has 1 saturated carbocycles. The Labute approximate surface area is 169 Å². The second-order valence-electron chi connectivity index (χ2n) is 8.01. The summed E-state index contributed by atoms with van der Waals surface area (Å²) in [6.45, 7) is 4.75. The zero-order valence-corrected chi connectivity index (χ0v) is 16.9. The predicted octanol–water partition coefficient (Wildman–Crippen LogP) is 4.13. The van der Waals surface area contributed by atoms with E-state index in [-0.39, 0.29) is 12.0 Å². The highest BCUT2D eigenvalue weighted by atomic mass is 19.1. The molecule has 2 heterocycles. The Morgan fingerprint density at radius 3 is 2.83 bits per heavy atom. The molecule has 7 nitrogen and oxygen atoms in total. The normalized spacial score (nSPS) is 19.6. The minimum atomic E-state index is -0.873. The van der Waals surface area contributed by atoms with Gasteiger partial charge in [-0.25, -0.2) is 4.39 Å². The van der Waals surface area contributed by atoms with E-state index in [1.54, 1.807) is 4.52 Å². The molecule has 4 rings (SSSR count). The van der Waals surface area contributed by atoms with Gasteiger partial charge in [0.25, 0.3) is 0 Å². The van der Waals surface area contributed by atoms with Gasteiger partial charge in [-0.3, -0.25) is 0 Å². The molecule has 2 aromatic heterocycles. The van der Waals surface area contributed by atoms with Crippen LogP contribution in [0.5, 0.6) is 0 Å². The first-order valence-corrected chi connectivity index (χ1v) is 10.3. The number of halogens is 1. The Morgan fingerprint density at radius 1 is 1.24 bits per heavy atom. The number of nitrogens with two attached hydrogens (primary N) is 1. The molecule has 3 aromatic rings. The molecular formula is C21H28FN7. The molecule has 0 saturated heterocycles. The number of nitrogens with zero attached hydrogens (tertiary/aromatic N) is 4. The van der Waals surface area contributed by atoms with Crippen molar-refractivity contribution < 1.29 is 4.39 Å². The molecule has 0 amide bonds. The first kappa shape index (κ1) is 19.4. The first-order valence-electron chi connectivity index (χ1n) is 10.3. The van der Waals surface area contributed by atoms with Crippen LogP contribution in [0.2, 0.25) is 0 Å². The maximum absolute atomic E-state index is 14.3. The molecule has 1 aromatic carbocycles. The second-order valence-corrected chi connectivity index (χ2v) is 8.01. The van der Waals surface area contributed by atoms with Crippen LogP contribution in [-0.2, 0) is 6.54 Å². The summed E-state index contributed by atoms with van der Waals surface area (Å²) in [5, 5.41) is 11.0. The van der Waals surface area contributed by atoms with Crippen molar-refractivity contribution in [3.05, 3.63) is 41.6 Å². The average Bonchev–Trinajstić information content (AvgIpc) is 3.12. The predicted molar refractivity (Wildman–Crippen MR) is 114 cm³/mol. The lowest BCUT2D eigenvalue weighted by Gasteiger charge is -2.26. The van der Waals surface area contributed by atoms with Crippen LogP contribution < -0.4 is 16.4 Å². The van der Waals surface area contributed by atoms with Crippen molar-refractivity contribution in [2.24, 2.45) is 0 Å². The van der Waals surface area contributed by atoms with Gasteiger partial charge in [-0.15, -0.1) is 0 Å². The zero-order valence-electron chi connectivity index (χ0n) is 16.9. The van der Waals surface area contributed by atoms with E-state index >= 15 is 0 Å². The van der Waals surface area contributed by atoms with Crippen LogP contribution in [0.25, 0.3) is 5.65 Å². The minimum Gasteiger partial charge on any atom is -0.399 e. The molecule has 2 atom stereocenters. The van der Waals surface area contributed by atoms with Gasteiger partial charge in [0.15, 0.2) is 5.65 Å². The highest BCUT2D eigenvalue weighted by molar-refractivity contribution is 5.56. The largest absolute Gasteiger partial charge is 0.399 e. The maximum atomic E-state index is 14.3. The molecule has 0 radical (unpaired) electrons. The number of fused-ring (bicyclic) bond motifs is 1. The fourth-order valence-electron chi connectivity index (χ4n) is 3.78. The van der Waals surface area contributed by atoms with Crippen molar-refractivity contribution in [3.8, 4) is 0 Å². The fraction of sp³-hybridized carbons (Fsp3) is 0.476. The lowest BCUT2D eigenvalue weighted by Crippen LogP contribution is -2.34. The molecule has 0 spiro atoms. The third-order valence-electron chi connectivity index (χ3n) is 5.42. The van der Waals surface area contributed by atoms with E-state index in [4.69, 9.17) is 5.73 Å². The lowest BCUT2D eigenvalue weighted by atomic mass is 9.94. The van der Waals surface area contributed by atoms with Gasteiger partial charge in [0.1, 0.15) is 6.17 Å². The first-order chi connectivity index (χ1) is 14.0. The number of hydrogen-bond acceptors (Lipinski definition) is 6. The van der Waals surface area contributed by atoms with E-state index in [0.717, 1.165) is 36.0 Å². The smallest absolute Gasteiger partial charge is 0.229 e. The van der Waals surface area contributed by atoms with Crippen molar-refractivity contribution in [1.29, 1.82) is 0 Å². The summed E-state index contributed by atoms with van der Waals surface area (Å²) in [6.07, 6.45) is 4.28. The Hall–Kier alpha value is -2.90. The molecule has 4 N–H and O–H groups in total. The Morgan fingerprint density at radius 2 is 2.07 bits per heavy atom. The van der Waals surface area contributed by atoms with Gasteiger partial charge in [0, 0.05) is 17.8 Å². The molecule has 0 bridgehead atoms. The van der Waals surface area contributed by atoms with E-state index in [2.05, 4.69) is 39.5 Å². The van der Waals surface area contributed by atoms with Crippen molar-refractivity contribution >= 4 is 23.2 Å². The number of benzene rings is 1. The summed E-state index contributed by atoms with van der Waals surface area (Å²) in [7, 11) is 0. The monoisotopic (exact) mass is 397 g/mol. The molecule has 1 aliphatic carbocycles. The van der Waals surface area contributed by atoms with Crippen LogP contribution >= 0.6 is 0 Å². The number of anilines is 3. The van der Waals surface area contributed by atoms with Gasteiger partial charge in [0.2, 0.25) is 11.9 Å². The third kappa shape index (κ3) is 4.26. The standard InChI is InChI=1S/C21H28FN7/c1-13(2)16-12-25-29-19(16)27-20(26-18-9-4-3-8-17(18)22)28-21(29)24-11-14-6-5-7-15(23)10-14/h5-7,10,12-13,17-18H,3-4,8-9,11,23H2,1-2H3,(H2,24,26,27,28)/t17-,18-/m1/s1. The summed E-state index contributed by atoms with van der Waals surface area (Å²) in [5.41, 5.74) is 9.40. The SMILES string of the molecule is CC(C)c1cnn2c(NCc3cccc(N)c3)nc(N[C@@H]3CCCC[C@H]3F)nc12. The van der Waals surface area contributed by atoms with Crippen molar-refractivity contribution in [1.82, 2.24) is 19.6 Å². The number of nitrogen functional groups attached to an aromatic ring is 1.